The Hall–Kier alpha value is -0.0700. The van der Waals surface area contributed by atoms with E-state index in [0.717, 1.165) is 32.6 Å². The topological polar surface area (TPSA) is 44.8 Å². The van der Waals surface area contributed by atoms with Crippen molar-refractivity contribution < 1.29 is 9.53 Å². The first-order valence-electron chi connectivity index (χ1n) is 9.09. The van der Waals surface area contributed by atoms with Crippen molar-refractivity contribution in [2.75, 3.05) is 45.9 Å². The van der Waals surface area contributed by atoms with Crippen LogP contribution >= 0.6 is 24.8 Å². The highest BCUT2D eigenvalue weighted by Crippen LogP contribution is 2.23. The second-order valence-corrected chi connectivity index (χ2v) is 7.20. The van der Waals surface area contributed by atoms with Gasteiger partial charge in [-0.3, -0.25) is 4.79 Å². The van der Waals surface area contributed by atoms with Crippen LogP contribution in [-0.2, 0) is 9.53 Å². The molecule has 3 aliphatic heterocycles. The van der Waals surface area contributed by atoms with Crippen LogP contribution in [0, 0.1) is 5.92 Å². The number of nitrogens with zero attached hydrogens (tertiary/aromatic N) is 2. The molecule has 3 heterocycles. The number of hydrogen-bond donors (Lipinski definition) is 1. The van der Waals surface area contributed by atoms with E-state index in [1.165, 1.54) is 32.2 Å². The fourth-order valence-corrected chi connectivity index (χ4v) is 4.10. The molecule has 3 atom stereocenters. The number of carbonyl (C=O) groups is 1. The summed E-state index contributed by atoms with van der Waals surface area (Å²) in [5.41, 5.74) is 0. The van der Waals surface area contributed by atoms with Crippen molar-refractivity contribution in [3.05, 3.63) is 0 Å². The zero-order valence-corrected chi connectivity index (χ0v) is 16.4. The lowest BCUT2D eigenvalue weighted by Gasteiger charge is -2.40. The van der Waals surface area contributed by atoms with E-state index in [-0.39, 0.29) is 36.8 Å². The number of nitrogens with one attached hydrogen (secondary N) is 1. The van der Waals surface area contributed by atoms with Gasteiger partial charge in [-0.05, 0) is 45.1 Å². The van der Waals surface area contributed by atoms with Crippen molar-refractivity contribution in [1.82, 2.24) is 15.1 Å². The molecule has 0 aromatic carbocycles. The van der Waals surface area contributed by atoms with Gasteiger partial charge in [0.25, 0.3) is 5.91 Å². The molecule has 7 heteroatoms. The highest BCUT2D eigenvalue weighted by atomic mass is 35.5. The Bertz CT molecular complexity index is 381. The van der Waals surface area contributed by atoms with Crippen LogP contribution in [-0.4, -0.2) is 73.7 Å². The standard InChI is InChI=1S/C17H31N3O2.2ClH/c1-14-5-2-3-8-19(14)12-15-6-4-9-20(13-15)17(21)16-11-18-7-10-22-16;;/h14-16,18H,2-13H2,1H3;2*1H. The third kappa shape index (κ3) is 5.73. The molecule has 0 radical (unpaired) electrons. The molecule has 3 fully saturated rings. The number of rotatable bonds is 3. The molecular formula is C17H33Cl2N3O2. The highest BCUT2D eigenvalue weighted by molar-refractivity contribution is 5.85. The highest BCUT2D eigenvalue weighted by Gasteiger charge is 2.31. The number of ether oxygens (including phenoxy) is 1. The van der Waals surface area contributed by atoms with Gasteiger partial charge in [0.05, 0.1) is 6.61 Å². The molecule has 3 aliphatic rings. The van der Waals surface area contributed by atoms with Gasteiger partial charge >= 0.3 is 0 Å². The number of carbonyl (C=O) groups excluding carboxylic acids is 1. The third-order valence-electron chi connectivity index (χ3n) is 5.47. The van der Waals surface area contributed by atoms with Crippen LogP contribution in [0.4, 0.5) is 0 Å². The molecule has 3 unspecified atom stereocenters. The predicted molar refractivity (Wildman–Crippen MR) is 101 cm³/mol. The van der Waals surface area contributed by atoms with Gasteiger partial charge in [-0.25, -0.2) is 0 Å². The number of hydrogen-bond acceptors (Lipinski definition) is 4. The van der Waals surface area contributed by atoms with Gasteiger partial charge < -0.3 is 19.9 Å². The monoisotopic (exact) mass is 381 g/mol. The van der Waals surface area contributed by atoms with Crippen LogP contribution < -0.4 is 5.32 Å². The van der Waals surface area contributed by atoms with Gasteiger partial charge in [0.1, 0.15) is 6.10 Å². The molecule has 0 aromatic rings. The van der Waals surface area contributed by atoms with E-state index in [1.54, 1.807) is 0 Å². The first-order valence-corrected chi connectivity index (χ1v) is 9.09. The van der Waals surface area contributed by atoms with Crippen molar-refractivity contribution in [3.63, 3.8) is 0 Å². The molecular weight excluding hydrogens is 349 g/mol. The lowest BCUT2D eigenvalue weighted by atomic mass is 9.94. The zero-order valence-electron chi connectivity index (χ0n) is 14.7. The summed E-state index contributed by atoms with van der Waals surface area (Å²) in [6, 6.07) is 0.714. The first-order chi connectivity index (χ1) is 10.7. The average molecular weight is 382 g/mol. The zero-order chi connectivity index (χ0) is 15.4. The predicted octanol–water partition coefficient (Wildman–Crippen LogP) is 1.93. The lowest BCUT2D eigenvalue weighted by Crippen LogP contribution is -2.53. The summed E-state index contributed by atoms with van der Waals surface area (Å²) < 4.78 is 5.63. The van der Waals surface area contributed by atoms with Gasteiger partial charge in [0, 0.05) is 38.8 Å². The number of morpholine rings is 1. The van der Waals surface area contributed by atoms with E-state index in [4.69, 9.17) is 4.74 Å². The van der Waals surface area contributed by atoms with E-state index in [2.05, 4.69) is 22.0 Å². The Morgan fingerprint density at radius 2 is 2.00 bits per heavy atom. The summed E-state index contributed by atoms with van der Waals surface area (Å²) in [7, 11) is 0. The summed E-state index contributed by atoms with van der Waals surface area (Å²) in [6.45, 7) is 8.76. The van der Waals surface area contributed by atoms with Crippen LogP contribution in [0.2, 0.25) is 0 Å². The van der Waals surface area contributed by atoms with E-state index >= 15 is 0 Å². The normalized spacial score (nSPS) is 31.7. The minimum atomic E-state index is -0.263. The van der Waals surface area contributed by atoms with Gasteiger partial charge in [-0.1, -0.05) is 6.42 Å². The molecule has 0 aliphatic carbocycles. The molecule has 1 N–H and O–H groups in total. The molecule has 142 valence electrons. The molecule has 0 aromatic heterocycles. The molecule has 3 saturated heterocycles. The fourth-order valence-electron chi connectivity index (χ4n) is 4.10. The van der Waals surface area contributed by atoms with Crippen LogP contribution in [0.15, 0.2) is 0 Å². The summed E-state index contributed by atoms with van der Waals surface area (Å²) >= 11 is 0. The Morgan fingerprint density at radius 3 is 2.71 bits per heavy atom. The molecule has 5 nitrogen and oxygen atoms in total. The number of halogens is 2. The van der Waals surface area contributed by atoms with E-state index in [1.807, 2.05) is 0 Å². The average Bonchev–Trinajstić information content (AvgIpc) is 2.57. The van der Waals surface area contributed by atoms with Crippen molar-refractivity contribution >= 4 is 30.7 Å². The maximum absolute atomic E-state index is 12.6. The maximum atomic E-state index is 12.6. The molecule has 1 amide bonds. The Kier molecular flexibility index (Phi) is 9.90. The van der Waals surface area contributed by atoms with Crippen molar-refractivity contribution in [2.45, 2.75) is 51.2 Å². The van der Waals surface area contributed by atoms with Crippen LogP contribution in [0.5, 0.6) is 0 Å². The summed E-state index contributed by atoms with van der Waals surface area (Å²) in [5, 5.41) is 3.26. The smallest absolute Gasteiger partial charge is 0.253 e. The van der Waals surface area contributed by atoms with Crippen LogP contribution in [0.25, 0.3) is 0 Å². The quantitative estimate of drug-likeness (QED) is 0.810. The second kappa shape index (κ2) is 10.8. The molecule has 24 heavy (non-hydrogen) atoms. The van der Waals surface area contributed by atoms with Gasteiger partial charge in [-0.2, -0.15) is 0 Å². The van der Waals surface area contributed by atoms with Gasteiger partial charge in [0.2, 0.25) is 0 Å². The minimum absolute atomic E-state index is 0. The number of piperidine rings is 2. The van der Waals surface area contributed by atoms with E-state index < -0.39 is 0 Å². The van der Waals surface area contributed by atoms with E-state index in [9.17, 15) is 4.79 Å². The molecule has 0 bridgehead atoms. The molecule has 3 rings (SSSR count). The van der Waals surface area contributed by atoms with Crippen molar-refractivity contribution in [1.29, 1.82) is 0 Å². The van der Waals surface area contributed by atoms with Gasteiger partial charge in [0.15, 0.2) is 0 Å². The first kappa shape index (κ1) is 22.0. The Labute approximate surface area is 158 Å². The minimum Gasteiger partial charge on any atom is -0.366 e. The second-order valence-electron chi connectivity index (χ2n) is 7.20. The van der Waals surface area contributed by atoms with Crippen LogP contribution in [0.1, 0.15) is 39.0 Å². The summed E-state index contributed by atoms with van der Waals surface area (Å²) in [4.78, 5) is 17.3. The maximum Gasteiger partial charge on any atom is 0.253 e. The molecule has 0 saturated carbocycles. The largest absolute Gasteiger partial charge is 0.366 e. The fraction of sp³-hybridized carbons (Fsp3) is 0.941. The summed E-state index contributed by atoms with van der Waals surface area (Å²) in [6.07, 6.45) is 6.17. The van der Waals surface area contributed by atoms with Crippen LogP contribution in [0.3, 0.4) is 0 Å². The number of amides is 1. The summed E-state index contributed by atoms with van der Waals surface area (Å²) in [5.74, 6) is 0.832. The lowest BCUT2D eigenvalue weighted by molar-refractivity contribution is -0.147. The van der Waals surface area contributed by atoms with Crippen molar-refractivity contribution in [2.24, 2.45) is 5.92 Å². The number of likely N-dealkylation sites (tertiary alicyclic amines) is 2. The van der Waals surface area contributed by atoms with Crippen molar-refractivity contribution in [3.8, 4) is 0 Å². The molecule has 0 spiro atoms. The Balaban J connectivity index is 0.00000144. The SMILES string of the molecule is CC1CCCCN1CC1CCCN(C(=O)C2CNCCO2)C1.Cl.Cl. The van der Waals surface area contributed by atoms with Gasteiger partial charge in [-0.15, -0.1) is 24.8 Å². The van der Waals surface area contributed by atoms with E-state index in [0.29, 0.717) is 25.1 Å². The Morgan fingerprint density at radius 1 is 1.17 bits per heavy atom. The third-order valence-corrected chi connectivity index (χ3v) is 5.47.